The van der Waals surface area contributed by atoms with E-state index in [-0.39, 0.29) is 11.6 Å². The molecule has 0 aromatic rings. The molecule has 0 spiro atoms. The monoisotopic (exact) mass is 235 g/mol. The molecule has 0 aliphatic carbocycles. The van der Waals surface area contributed by atoms with Crippen LogP contribution in [0.25, 0.3) is 0 Å². The lowest BCUT2D eigenvalue weighted by atomic mass is 10.1. The summed E-state index contributed by atoms with van der Waals surface area (Å²) in [6.45, 7) is 8.81. The van der Waals surface area contributed by atoms with Crippen molar-refractivity contribution in [3.05, 3.63) is 12.3 Å². The first kappa shape index (κ1) is 14.8. The Morgan fingerprint density at radius 1 is 1.53 bits per heavy atom. The maximum atomic E-state index is 5.55. The Labute approximate surface area is 98.6 Å². The van der Waals surface area contributed by atoms with Gasteiger partial charge in [-0.1, -0.05) is 11.9 Å². The molecule has 1 aliphatic rings. The van der Waals surface area contributed by atoms with E-state index in [1.165, 1.54) is 0 Å². The fraction of sp³-hybridized carbons (Fsp3) is 0.818. The van der Waals surface area contributed by atoms with Gasteiger partial charge in [0.05, 0.1) is 12.3 Å². The van der Waals surface area contributed by atoms with Crippen LogP contribution in [-0.4, -0.2) is 22.4 Å². The summed E-state index contributed by atoms with van der Waals surface area (Å²) in [5.74, 6) is 0. The quantitative estimate of drug-likeness (QED) is 0.765. The summed E-state index contributed by atoms with van der Waals surface area (Å²) in [7, 11) is 0. The topological polar surface area (TPSA) is 52.8 Å². The zero-order valence-electron chi connectivity index (χ0n) is 10.0. The van der Waals surface area contributed by atoms with E-state index in [0.29, 0.717) is 12.1 Å². The highest BCUT2D eigenvalue weighted by atomic mass is 32.2. The molecule has 1 rings (SSSR count). The second-order valence-electron chi connectivity index (χ2n) is 4.74. The predicted molar refractivity (Wildman–Crippen MR) is 68.9 cm³/mol. The Bertz CT molecular complexity index is 207. The second-order valence-corrected chi connectivity index (χ2v) is 6.41. The molecule has 0 aromatic heterocycles. The Kier molecular flexibility index (Phi) is 6.32. The number of hydrogen-bond donors (Lipinski definition) is 1. The lowest BCUT2D eigenvalue weighted by molar-refractivity contribution is 0.100. The first-order valence-electron chi connectivity index (χ1n) is 5.23. The first-order chi connectivity index (χ1) is 6.49. The number of hydrogen-bond acceptors (Lipinski definition) is 3. The molecule has 3 nitrogen and oxygen atoms in total. The van der Waals surface area contributed by atoms with Crippen LogP contribution in [0.15, 0.2) is 12.3 Å². The van der Waals surface area contributed by atoms with Crippen molar-refractivity contribution in [3.8, 4) is 0 Å². The van der Waals surface area contributed by atoms with E-state index in [1.807, 2.05) is 6.26 Å². The molecule has 92 valence electrons. The van der Waals surface area contributed by atoms with E-state index < -0.39 is 0 Å². The molecule has 3 N–H and O–H groups in total. The third kappa shape index (κ3) is 6.07. The Morgan fingerprint density at radius 2 is 2.20 bits per heavy atom. The van der Waals surface area contributed by atoms with Crippen molar-refractivity contribution in [3.63, 3.8) is 0 Å². The van der Waals surface area contributed by atoms with Gasteiger partial charge in [0.15, 0.2) is 0 Å². The Balaban J connectivity index is 0. The SMILES string of the molecule is C[C@@H](NSC(C)(C)C)[C@@H]1CCC=CO1.O.[HH]. The minimum Gasteiger partial charge on any atom is -0.497 e. The maximum absolute atomic E-state index is 5.55. The van der Waals surface area contributed by atoms with Crippen molar-refractivity contribution in [1.82, 2.24) is 4.72 Å². The third-order valence-electron chi connectivity index (χ3n) is 2.08. The fourth-order valence-corrected chi connectivity index (χ4v) is 1.96. The van der Waals surface area contributed by atoms with Gasteiger partial charge in [-0.3, -0.25) is 4.72 Å². The van der Waals surface area contributed by atoms with Crippen molar-refractivity contribution < 1.29 is 11.6 Å². The lowest BCUT2D eigenvalue weighted by Gasteiger charge is -2.28. The smallest absolute Gasteiger partial charge is 0.114 e. The summed E-state index contributed by atoms with van der Waals surface area (Å²) >= 11 is 1.78. The van der Waals surface area contributed by atoms with Gasteiger partial charge < -0.3 is 10.2 Å². The maximum Gasteiger partial charge on any atom is 0.114 e. The summed E-state index contributed by atoms with van der Waals surface area (Å²) in [5.41, 5.74) is 0. The van der Waals surface area contributed by atoms with Crippen LogP contribution in [0.4, 0.5) is 0 Å². The molecule has 1 aliphatic heterocycles. The summed E-state index contributed by atoms with van der Waals surface area (Å²) in [6, 6.07) is 0.407. The molecule has 15 heavy (non-hydrogen) atoms. The van der Waals surface area contributed by atoms with Crippen molar-refractivity contribution in [1.29, 1.82) is 0 Å². The zero-order valence-corrected chi connectivity index (χ0v) is 10.9. The number of ether oxygens (including phenoxy) is 1. The van der Waals surface area contributed by atoms with Gasteiger partial charge in [-0.05, 0) is 46.6 Å². The molecule has 0 saturated heterocycles. The Morgan fingerprint density at radius 3 is 2.67 bits per heavy atom. The summed E-state index contributed by atoms with van der Waals surface area (Å²) in [4.78, 5) is 0. The number of allylic oxidation sites excluding steroid dienone is 1. The van der Waals surface area contributed by atoms with Gasteiger partial charge in [0, 0.05) is 6.17 Å². The average molecular weight is 235 g/mol. The number of rotatable bonds is 3. The van der Waals surface area contributed by atoms with Crippen LogP contribution in [0.3, 0.4) is 0 Å². The molecule has 4 heteroatoms. The largest absolute Gasteiger partial charge is 0.497 e. The van der Waals surface area contributed by atoms with E-state index >= 15 is 0 Å². The van der Waals surface area contributed by atoms with Crippen LogP contribution < -0.4 is 4.72 Å². The van der Waals surface area contributed by atoms with Crippen molar-refractivity contribution in [2.24, 2.45) is 0 Å². The third-order valence-corrected chi connectivity index (χ3v) is 3.18. The highest BCUT2D eigenvalue weighted by Crippen LogP contribution is 2.22. The molecular formula is C11H25NO2S. The van der Waals surface area contributed by atoms with Gasteiger partial charge in [-0.15, -0.1) is 0 Å². The van der Waals surface area contributed by atoms with Crippen molar-refractivity contribution >= 4 is 11.9 Å². The molecule has 0 fully saturated rings. The molecule has 0 bridgehead atoms. The molecule has 0 unspecified atom stereocenters. The van der Waals surface area contributed by atoms with E-state index in [2.05, 4.69) is 38.5 Å². The minimum atomic E-state index is 0. The molecule has 1 heterocycles. The molecular weight excluding hydrogens is 210 g/mol. The normalized spacial score (nSPS) is 22.8. The first-order valence-corrected chi connectivity index (χ1v) is 6.05. The molecule has 0 saturated carbocycles. The highest BCUT2D eigenvalue weighted by Gasteiger charge is 2.21. The van der Waals surface area contributed by atoms with Crippen LogP contribution in [0.1, 0.15) is 42.0 Å². The average Bonchev–Trinajstić information content (AvgIpc) is 2.14. The zero-order chi connectivity index (χ0) is 10.6. The van der Waals surface area contributed by atoms with E-state index in [9.17, 15) is 0 Å². The van der Waals surface area contributed by atoms with Crippen LogP contribution in [0.2, 0.25) is 0 Å². The highest BCUT2D eigenvalue weighted by molar-refractivity contribution is 7.98. The van der Waals surface area contributed by atoms with Crippen LogP contribution in [-0.2, 0) is 4.74 Å². The van der Waals surface area contributed by atoms with E-state index in [4.69, 9.17) is 4.74 Å². The van der Waals surface area contributed by atoms with E-state index in [0.717, 1.165) is 12.8 Å². The summed E-state index contributed by atoms with van der Waals surface area (Å²) in [6.07, 6.45) is 6.50. The van der Waals surface area contributed by atoms with Gasteiger partial charge >= 0.3 is 0 Å². The van der Waals surface area contributed by atoms with Gasteiger partial charge in [0.2, 0.25) is 0 Å². The molecule has 0 radical (unpaired) electrons. The predicted octanol–water partition coefficient (Wildman–Crippen LogP) is 2.53. The summed E-state index contributed by atoms with van der Waals surface area (Å²) < 4.78 is 9.26. The fourth-order valence-electron chi connectivity index (χ4n) is 1.27. The van der Waals surface area contributed by atoms with Crippen LogP contribution in [0, 0.1) is 0 Å². The van der Waals surface area contributed by atoms with Crippen molar-refractivity contribution in [2.75, 3.05) is 0 Å². The lowest BCUT2D eigenvalue weighted by Crippen LogP contribution is -2.37. The molecule has 2 atom stereocenters. The van der Waals surface area contributed by atoms with Gasteiger partial charge in [0.25, 0.3) is 0 Å². The Hall–Kier alpha value is -0.190. The van der Waals surface area contributed by atoms with Crippen LogP contribution >= 0.6 is 11.9 Å². The minimum absolute atomic E-state index is 0. The van der Waals surface area contributed by atoms with Gasteiger partial charge in [-0.25, -0.2) is 0 Å². The standard InChI is InChI=1S/C11H21NOS.H2O.H2/c1-9(12-14-11(2,3)4)10-7-5-6-8-13-10;;/h6,8-10,12H,5,7H2,1-4H3;1H2;1H/t9-,10+;;/m1../s1. The van der Waals surface area contributed by atoms with Crippen LogP contribution in [0.5, 0.6) is 0 Å². The molecule has 0 aromatic carbocycles. The molecule has 0 amide bonds. The second kappa shape index (κ2) is 6.40. The summed E-state index contributed by atoms with van der Waals surface area (Å²) in [5, 5.41) is 0. The number of nitrogens with one attached hydrogen (secondary N) is 1. The van der Waals surface area contributed by atoms with Gasteiger partial charge in [-0.2, -0.15) is 0 Å². The van der Waals surface area contributed by atoms with E-state index in [1.54, 1.807) is 11.9 Å². The van der Waals surface area contributed by atoms with Gasteiger partial charge in [0.1, 0.15) is 6.10 Å². The van der Waals surface area contributed by atoms with Crippen molar-refractivity contribution in [2.45, 2.75) is 57.4 Å².